The largest absolute Gasteiger partial charge is 0.310 e. The zero-order valence-corrected chi connectivity index (χ0v) is 61.8. The maximum absolute atomic E-state index is 10.2. The highest BCUT2D eigenvalue weighted by molar-refractivity contribution is 7.00. The zero-order chi connectivity index (χ0) is 80.6. The van der Waals surface area contributed by atoms with Crippen molar-refractivity contribution in [2.75, 3.05) is 9.80 Å². The van der Waals surface area contributed by atoms with Crippen molar-refractivity contribution in [3.8, 4) is 72.7 Å². The minimum atomic E-state index is -0.585. The van der Waals surface area contributed by atoms with Gasteiger partial charge in [-0.3, -0.25) is 0 Å². The van der Waals surface area contributed by atoms with E-state index < -0.39 is 55.1 Å². The van der Waals surface area contributed by atoms with Crippen LogP contribution in [0.5, 0.6) is 0 Å². The Morgan fingerprint density at radius 2 is 0.682 bits per heavy atom. The summed E-state index contributed by atoms with van der Waals surface area (Å²) in [5, 5.41) is 4.49. The summed E-state index contributed by atoms with van der Waals surface area (Å²) in [6.07, 6.45) is 0. The van der Waals surface area contributed by atoms with Crippen LogP contribution in [0.15, 0.2) is 364 Å². The Hall–Kier alpha value is -13.4. The number of benzene rings is 16. The van der Waals surface area contributed by atoms with Gasteiger partial charge in [0.05, 0.1) is 61.1 Å². The van der Waals surface area contributed by atoms with E-state index >= 15 is 0 Å². The first-order valence-corrected chi connectivity index (χ1v) is 37.9. The molecule has 5 nitrogen and oxygen atoms in total. The van der Waals surface area contributed by atoms with Gasteiger partial charge in [0.15, 0.2) is 0 Å². The predicted molar refractivity (Wildman–Crippen MR) is 468 cm³/mol. The lowest BCUT2D eigenvalue weighted by Crippen LogP contribution is -2.61. The molecule has 3 aromatic heterocycles. The van der Waals surface area contributed by atoms with Crippen LogP contribution in [0.25, 0.3) is 138 Å². The van der Waals surface area contributed by atoms with Crippen LogP contribution >= 0.6 is 0 Å². The summed E-state index contributed by atoms with van der Waals surface area (Å²) in [6, 6.07) is 110. The average molecular weight is 1420 g/mol. The lowest BCUT2D eigenvalue weighted by Gasteiger charge is -2.46. The second-order valence-corrected chi connectivity index (χ2v) is 31.4. The first kappa shape index (κ1) is 56.9. The third-order valence-electron chi connectivity index (χ3n) is 23.0. The number of anilines is 6. The highest BCUT2D eigenvalue weighted by atomic mass is 15.2. The molecule has 0 saturated carbocycles. The van der Waals surface area contributed by atoms with E-state index in [-0.39, 0.29) is 32.6 Å². The highest BCUT2D eigenvalue weighted by Gasteiger charge is 2.46. The Labute approximate surface area is 653 Å². The molecule has 0 atom stereocenters. The van der Waals surface area contributed by atoms with Gasteiger partial charge in [-0.1, -0.05) is 314 Å². The fraction of sp³-hybridized carbons (Fsp3) is 0.0769. The van der Waals surface area contributed by atoms with Gasteiger partial charge in [0.1, 0.15) is 0 Å². The van der Waals surface area contributed by atoms with Crippen molar-refractivity contribution in [2.24, 2.45) is 0 Å². The molecule has 0 radical (unpaired) electrons. The molecule has 21 rings (SSSR count). The number of nitrogens with zero attached hydrogens (tertiary/aromatic N) is 5. The molecule has 16 aromatic carbocycles. The molecule has 0 aliphatic carbocycles. The molecule has 19 aromatic rings. The Morgan fingerprint density at radius 1 is 0.264 bits per heavy atom. The fourth-order valence-corrected chi connectivity index (χ4v) is 17.9. The number of hydrogen-bond donors (Lipinski definition) is 0. The summed E-state index contributed by atoms with van der Waals surface area (Å²) in [7, 11) is 0. The van der Waals surface area contributed by atoms with Crippen LogP contribution in [0.4, 0.5) is 34.1 Å². The third kappa shape index (κ3) is 10.2. The Morgan fingerprint density at radius 3 is 1.20 bits per heavy atom. The van der Waals surface area contributed by atoms with Gasteiger partial charge in [-0.25, -0.2) is 0 Å². The first-order valence-electron chi connectivity index (χ1n) is 41.9. The van der Waals surface area contributed by atoms with E-state index in [1.165, 1.54) is 11.1 Å². The van der Waals surface area contributed by atoms with Crippen molar-refractivity contribution < 1.29 is 11.0 Å². The van der Waals surface area contributed by atoms with Gasteiger partial charge in [-0.2, -0.15) is 0 Å². The normalized spacial score (nSPS) is 13.8. The van der Waals surface area contributed by atoms with Crippen LogP contribution in [0.3, 0.4) is 0 Å². The van der Waals surface area contributed by atoms with Gasteiger partial charge < -0.3 is 23.5 Å². The Balaban J connectivity index is 0.979. The maximum atomic E-state index is 10.2. The van der Waals surface area contributed by atoms with E-state index in [4.69, 9.17) is 0 Å². The molecule has 0 unspecified atom stereocenters. The SMILES string of the molecule is [2H]c1c([2H])c([2H])c2c(c1[2H])c1c([2H])c([2H])c([2H])c([2H])c1n2-c1cc2c3c(c1)N(c1c(-c4ccccc4)cccc1-c1ccccc1)c1cc(-n4c5ccc(C(C)(C)C)cc5c5cc(C(C)(C)C)ccc54)ccc1B3c1cc(-c3cccc4c3c3ccccc3n4-c3ccccc3)ccc1N2c1c(-c2ccccc2)cccc1-c1ccccc1. The molecule has 110 heavy (non-hydrogen) atoms. The third-order valence-corrected chi connectivity index (χ3v) is 23.0. The molecule has 5 heterocycles. The average Bonchev–Trinajstić information content (AvgIpc) is 1.64. The van der Waals surface area contributed by atoms with E-state index in [1.54, 1.807) is 4.57 Å². The Bertz CT molecular complexity index is 7170. The molecule has 0 N–H and O–H groups in total. The molecule has 0 fully saturated rings. The minimum Gasteiger partial charge on any atom is -0.310 e. The van der Waals surface area contributed by atoms with Crippen molar-refractivity contribution in [1.29, 1.82) is 0 Å². The second kappa shape index (κ2) is 25.1. The summed E-state index contributed by atoms with van der Waals surface area (Å²) in [5.41, 5.74) is 26.3. The minimum absolute atomic E-state index is 0.0110. The highest BCUT2D eigenvalue weighted by Crippen LogP contribution is 2.55. The van der Waals surface area contributed by atoms with Crippen molar-refractivity contribution in [1.82, 2.24) is 13.7 Å². The number of hydrogen-bond acceptors (Lipinski definition) is 2. The van der Waals surface area contributed by atoms with Crippen molar-refractivity contribution >= 4 is 123 Å². The summed E-state index contributed by atoms with van der Waals surface area (Å²) < 4.78 is 84.6. The topological polar surface area (TPSA) is 21.3 Å². The molecular formula is C104H78BN5. The number of para-hydroxylation sites is 6. The molecule has 0 bridgehead atoms. The van der Waals surface area contributed by atoms with Gasteiger partial charge in [0.25, 0.3) is 6.71 Å². The van der Waals surface area contributed by atoms with Crippen LogP contribution in [0.2, 0.25) is 0 Å². The molecule has 522 valence electrons. The predicted octanol–water partition coefficient (Wildman–Crippen LogP) is 26.0. The second-order valence-electron chi connectivity index (χ2n) is 31.4. The van der Waals surface area contributed by atoms with Gasteiger partial charge in [0, 0.05) is 88.7 Å². The van der Waals surface area contributed by atoms with E-state index in [1.807, 2.05) is 24.3 Å². The van der Waals surface area contributed by atoms with E-state index in [0.717, 1.165) is 161 Å². The number of fused-ring (bicyclic) bond motifs is 13. The number of aromatic nitrogens is 3. The van der Waals surface area contributed by atoms with Crippen LogP contribution in [-0.2, 0) is 10.8 Å². The lowest BCUT2D eigenvalue weighted by molar-refractivity contribution is 0.590. The molecule has 0 spiro atoms. The summed E-state index contributed by atoms with van der Waals surface area (Å²) >= 11 is 0. The summed E-state index contributed by atoms with van der Waals surface area (Å²) in [4.78, 5) is 4.88. The monoisotopic (exact) mass is 1420 g/mol. The molecule has 0 saturated heterocycles. The van der Waals surface area contributed by atoms with Gasteiger partial charge in [0.2, 0.25) is 0 Å². The van der Waals surface area contributed by atoms with Gasteiger partial charge in [-0.05, 0) is 163 Å². The van der Waals surface area contributed by atoms with Crippen LogP contribution in [0, 0.1) is 0 Å². The molecule has 2 aliphatic heterocycles. The van der Waals surface area contributed by atoms with Crippen molar-refractivity contribution in [3.05, 3.63) is 375 Å². The molecule has 6 heteroatoms. The Kier molecular flexibility index (Phi) is 13.0. The van der Waals surface area contributed by atoms with Crippen LogP contribution in [-0.4, -0.2) is 20.4 Å². The van der Waals surface area contributed by atoms with E-state index in [2.05, 4.69) is 352 Å². The van der Waals surface area contributed by atoms with E-state index in [0.29, 0.717) is 5.69 Å². The standard InChI is InChI=1S/C104H78BN5/c1-103(2,3)72-54-59-92-85(62-72)86-63-73(104(4,5)6)55-60-93(86)107(92)75-56-57-87-96(64-75)110(102-80(69-35-16-9-17-36-69)47-29-48-81(102)70-37-18-10-19-38-70)98-66-76(108-89-49-25-22-41-82(89)83-42-23-26-50-90(83)108)65-97-100(98)105(87)88-61-71(77-44-30-52-95-99(77)84-43-24-27-51-91(84)106(95)74-39-20-11-21-40-74)53-58-94(88)109(97)101-78(67-31-12-7-13-32-67)45-28-46-79(101)68-33-14-8-15-34-68/h7-66H,1-6H3/i22D,23D,25D,26D,41D,42D,49D,50D. The smallest absolute Gasteiger partial charge is 0.252 e. The van der Waals surface area contributed by atoms with Crippen LogP contribution < -0.4 is 26.2 Å². The molecular weight excluding hydrogens is 1330 g/mol. The first-order chi connectivity index (χ1) is 57.2. The quantitative estimate of drug-likeness (QED) is 0.127. The summed E-state index contributed by atoms with van der Waals surface area (Å²) in [5.74, 6) is 0. The van der Waals surface area contributed by atoms with Gasteiger partial charge >= 0.3 is 0 Å². The van der Waals surface area contributed by atoms with Gasteiger partial charge in [-0.15, -0.1) is 0 Å². The zero-order valence-electron chi connectivity index (χ0n) is 69.8. The van der Waals surface area contributed by atoms with Crippen molar-refractivity contribution in [2.45, 2.75) is 52.4 Å². The maximum Gasteiger partial charge on any atom is 0.252 e. The lowest BCUT2D eigenvalue weighted by atomic mass is 9.33. The molecule has 0 amide bonds. The summed E-state index contributed by atoms with van der Waals surface area (Å²) in [6.45, 7) is 13.1. The molecule has 2 aliphatic rings. The fourth-order valence-electron chi connectivity index (χ4n) is 17.9. The van der Waals surface area contributed by atoms with E-state index in [9.17, 15) is 11.0 Å². The number of rotatable bonds is 10. The van der Waals surface area contributed by atoms with Crippen molar-refractivity contribution in [3.63, 3.8) is 0 Å². The van der Waals surface area contributed by atoms with Crippen LogP contribution in [0.1, 0.15) is 63.6 Å².